The number of benzene rings is 1. The summed E-state index contributed by atoms with van der Waals surface area (Å²) in [6, 6.07) is 5.28. The van der Waals surface area contributed by atoms with Crippen LogP contribution in [0.15, 0.2) is 18.2 Å². The fourth-order valence-corrected chi connectivity index (χ4v) is 1.74. The number of phenolic OH excluding ortho intramolecular Hbond substituents is 1. The molecule has 1 aliphatic rings. The monoisotopic (exact) mass is 208 g/mol. The fourth-order valence-electron chi connectivity index (χ4n) is 1.74. The average Bonchev–Trinajstić information content (AvgIpc) is 2.65. The summed E-state index contributed by atoms with van der Waals surface area (Å²) in [5.74, 6) is 1.49. The minimum atomic E-state index is 0.257. The number of rotatable bonds is 3. The Labute approximate surface area is 89.6 Å². The lowest BCUT2D eigenvalue weighted by atomic mass is 10.1. The van der Waals surface area contributed by atoms with E-state index in [1.54, 1.807) is 12.1 Å². The maximum absolute atomic E-state index is 9.38. The molecule has 1 atom stereocenters. The van der Waals surface area contributed by atoms with Crippen LogP contribution in [0.5, 0.6) is 11.5 Å². The molecule has 82 valence electrons. The Hall–Kier alpha value is -1.22. The molecule has 0 bridgehead atoms. The van der Waals surface area contributed by atoms with E-state index in [9.17, 15) is 5.11 Å². The molecule has 0 aromatic heterocycles. The Balaban J connectivity index is 1.92. The van der Waals surface area contributed by atoms with Crippen molar-refractivity contribution in [3.05, 3.63) is 23.8 Å². The number of hydrogen-bond acceptors (Lipinski definition) is 3. The van der Waals surface area contributed by atoms with Gasteiger partial charge >= 0.3 is 0 Å². The van der Waals surface area contributed by atoms with Crippen LogP contribution in [0.1, 0.15) is 12.0 Å². The molecule has 3 heteroatoms. The molecule has 0 amide bonds. The number of ether oxygens (including phenoxy) is 2. The second-order valence-corrected chi connectivity index (χ2v) is 4.04. The first-order valence-electron chi connectivity index (χ1n) is 5.25. The highest BCUT2D eigenvalue weighted by molar-refractivity contribution is 5.36. The van der Waals surface area contributed by atoms with Crippen molar-refractivity contribution in [1.29, 1.82) is 0 Å². The lowest BCUT2D eigenvalue weighted by Crippen LogP contribution is -2.11. The average molecular weight is 208 g/mol. The summed E-state index contributed by atoms with van der Waals surface area (Å²) in [7, 11) is 0. The molecule has 1 aliphatic heterocycles. The highest BCUT2D eigenvalue weighted by Crippen LogP contribution is 2.22. The van der Waals surface area contributed by atoms with Gasteiger partial charge in [0.05, 0.1) is 13.2 Å². The fraction of sp³-hybridized carbons (Fsp3) is 0.500. The normalized spacial score (nSPS) is 20.5. The molecule has 15 heavy (non-hydrogen) atoms. The van der Waals surface area contributed by atoms with Crippen molar-refractivity contribution in [3.63, 3.8) is 0 Å². The van der Waals surface area contributed by atoms with E-state index in [-0.39, 0.29) is 5.75 Å². The van der Waals surface area contributed by atoms with E-state index in [4.69, 9.17) is 9.47 Å². The second-order valence-electron chi connectivity index (χ2n) is 4.04. The molecule has 1 saturated heterocycles. The van der Waals surface area contributed by atoms with Gasteiger partial charge in [0.25, 0.3) is 0 Å². The first-order valence-corrected chi connectivity index (χ1v) is 5.25. The smallest absolute Gasteiger partial charge is 0.123 e. The SMILES string of the molecule is Cc1cc(O)cc(OCC2CCOC2)c1. The van der Waals surface area contributed by atoms with E-state index in [0.717, 1.165) is 30.9 Å². The van der Waals surface area contributed by atoms with Gasteiger partial charge in [-0.25, -0.2) is 0 Å². The van der Waals surface area contributed by atoms with Gasteiger partial charge in [-0.1, -0.05) is 0 Å². The van der Waals surface area contributed by atoms with E-state index < -0.39 is 0 Å². The first-order chi connectivity index (χ1) is 7.24. The predicted molar refractivity (Wildman–Crippen MR) is 57.3 cm³/mol. The van der Waals surface area contributed by atoms with Crippen LogP contribution < -0.4 is 4.74 Å². The van der Waals surface area contributed by atoms with E-state index >= 15 is 0 Å². The van der Waals surface area contributed by atoms with Gasteiger partial charge in [0.2, 0.25) is 0 Å². The number of aryl methyl sites for hydroxylation is 1. The van der Waals surface area contributed by atoms with Crippen molar-refractivity contribution in [2.75, 3.05) is 19.8 Å². The van der Waals surface area contributed by atoms with Gasteiger partial charge in [-0.3, -0.25) is 0 Å². The molecule has 2 rings (SSSR count). The van der Waals surface area contributed by atoms with Crippen molar-refractivity contribution >= 4 is 0 Å². The highest BCUT2D eigenvalue weighted by Gasteiger charge is 2.16. The molecule has 1 aromatic carbocycles. The lowest BCUT2D eigenvalue weighted by Gasteiger charge is -2.11. The van der Waals surface area contributed by atoms with Crippen LogP contribution in [0.2, 0.25) is 0 Å². The summed E-state index contributed by atoms with van der Waals surface area (Å²) in [4.78, 5) is 0. The maximum Gasteiger partial charge on any atom is 0.123 e. The van der Waals surface area contributed by atoms with Gasteiger partial charge in [0.1, 0.15) is 11.5 Å². The molecular formula is C12H16O3. The zero-order valence-electron chi connectivity index (χ0n) is 8.90. The Bertz CT molecular complexity index is 309. The van der Waals surface area contributed by atoms with Gasteiger partial charge in [-0.2, -0.15) is 0 Å². The molecule has 0 spiro atoms. The lowest BCUT2D eigenvalue weighted by molar-refractivity contribution is 0.167. The van der Waals surface area contributed by atoms with Crippen molar-refractivity contribution < 1.29 is 14.6 Å². The van der Waals surface area contributed by atoms with Crippen LogP contribution in [-0.2, 0) is 4.74 Å². The third-order valence-electron chi connectivity index (χ3n) is 2.55. The Morgan fingerprint density at radius 3 is 3.00 bits per heavy atom. The second kappa shape index (κ2) is 4.53. The largest absolute Gasteiger partial charge is 0.508 e. The van der Waals surface area contributed by atoms with Crippen LogP contribution in [0.4, 0.5) is 0 Å². The van der Waals surface area contributed by atoms with Crippen LogP contribution in [0.25, 0.3) is 0 Å². The van der Waals surface area contributed by atoms with Crippen LogP contribution in [-0.4, -0.2) is 24.9 Å². The zero-order valence-corrected chi connectivity index (χ0v) is 8.90. The van der Waals surface area contributed by atoms with Crippen molar-refractivity contribution in [1.82, 2.24) is 0 Å². The van der Waals surface area contributed by atoms with Crippen LogP contribution in [0, 0.1) is 12.8 Å². The molecular weight excluding hydrogens is 192 g/mol. The quantitative estimate of drug-likeness (QED) is 0.826. The van der Waals surface area contributed by atoms with Gasteiger partial charge in [0.15, 0.2) is 0 Å². The Morgan fingerprint density at radius 1 is 1.47 bits per heavy atom. The molecule has 3 nitrogen and oxygen atoms in total. The summed E-state index contributed by atoms with van der Waals surface area (Å²) >= 11 is 0. The van der Waals surface area contributed by atoms with E-state index in [1.807, 2.05) is 13.0 Å². The molecule has 1 fully saturated rings. The molecule has 0 aliphatic carbocycles. The molecule has 1 aromatic rings. The molecule has 0 saturated carbocycles. The summed E-state index contributed by atoms with van der Waals surface area (Å²) in [6.45, 7) is 4.24. The van der Waals surface area contributed by atoms with Crippen LogP contribution >= 0.6 is 0 Å². The first kappa shape index (κ1) is 10.3. The molecule has 1 heterocycles. The standard InChI is InChI=1S/C12H16O3/c1-9-4-11(13)6-12(5-9)15-8-10-2-3-14-7-10/h4-6,10,13H,2-3,7-8H2,1H3. The third kappa shape index (κ3) is 2.86. The topological polar surface area (TPSA) is 38.7 Å². The van der Waals surface area contributed by atoms with Gasteiger partial charge in [-0.15, -0.1) is 0 Å². The Kier molecular flexibility index (Phi) is 3.11. The number of hydrogen-bond donors (Lipinski definition) is 1. The van der Waals surface area contributed by atoms with E-state index in [0.29, 0.717) is 12.5 Å². The van der Waals surface area contributed by atoms with Gasteiger partial charge in [-0.05, 0) is 31.0 Å². The van der Waals surface area contributed by atoms with Crippen molar-refractivity contribution in [3.8, 4) is 11.5 Å². The molecule has 1 N–H and O–H groups in total. The summed E-state index contributed by atoms with van der Waals surface area (Å²) < 4.78 is 10.9. The van der Waals surface area contributed by atoms with Gasteiger partial charge in [0, 0.05) is 18.6 Å². The summed E-state index contributed by atoms with van der Waals surface area (Å²) in [6.07, 6.45) is 1.07. The zero-order chi connectivity index (χ0) is 10.7. The van der Waals surface area contributed by atoms with E-state index in [1.165, 1.54) is 0 Å². The highest BCUT2D eigenvalue weighted by atomic mass is 16.5. The Morgan fingerprint density at radius 2 is 2.33 bits per heavy atom. The minimum absolute atomic E-state index is 0.257. The molecule has 0 radical (unpaired) electrons. The van der Waals surface area contributed by atoms with Gasteiger partial charge < -0.3 is 14.6 Å². The maximum atomic E-state index is 9.38. The number of aromatic hydroxyl groups is 1. The van der Waals surface area contributed by atoms with E-state index in [2.05, 4.69) is 0 Å². The van der Waals surface area contributed by atoms with Crippen molar-refractivity contribution in [2.24, 2.45) is 5.92 Å². The van der Waals surface area contributed by atoms with Crippen molar-refractivity contribution in [2.45, 2.75) is 13.3 Å². The summed E-state index contributed by atoms with van der Waals surface area (Å²) in [5.41, 5.74) is 1.01. The molecule has 1 unspecified atom stereocenters. The third-order valence-corrected chi connectivity index (χ3v) is 2.55. The summed E-state index contributed by atoms with van der Waals surface area (Å²) in [5, 5.41) is 9.38. The minimum Gasteiger partial charge on any atom is -0.508 e. The number of phenols is 1. The van der Waals surface area contributed by atoms with Crippen LogP contribution in [0.3, 0.4) is 0 Å². The predicted octanol–water partition coefficient (Wildman–Crippen LogP) is 2.12.